The van der Waals surface area contributed by atoms with Crippen molar-refractivity contribution in [2.24, 2.45) is 5.92 Å². The number of rotatable bonds is 8. The van der Waals surface area contributed by atoms with Crippen LogP contribution in [0.5, 0.6) is 0 Å². The molecule has 0 aromatic heterocycles. The summed E-state index contributed by atoms with van der Waals surface area (Å²) in [6, 6.07) is 21.3. The minimum atomic E-state index is -0.0361. The topological polar surface area (TPSA) is 35.6 Å². The molecule has 3 rings (SSSR count). The van der Waals surface area contributed by atoms with Crippen molar-refractivity contribution in [3.05, 3.63) is 71.8 Å². The maximum absolute atomic E-state index is 13.7. The quantitative estimate of drug-likeness (QED) is 0.582. The van der Waals surface area contributed by atoms with Crippen molar-refractivity contribution in [3.8, 4) is 0 Å². The molecule has 2 atom stereocenters. The van der Waals surface area contributed by atoms with Crippen LogP contribution in [0.4, 0.5) is 0 Å². The Kier molecular flexibility index (Phi) is 11.7. The van der Waals surface area contributed by atoms with E-state index in [9.17, 15) is 4.79 Å². The van der Waals surface area contributed by atoms with E-state index < -0.39 is 0 Å². The molecule has 0 bridgehead atoms. The van der Waals surface area contributed by atoms with Gasteiger partial charge in [0.05, 0.1) is 5.92 Å². The van der Waals surface area contributed by atoms with E-state index in [-0.39, 0.29) is 42.2 Å². The number of amides is 1. The number of hydrogen-bond acceptors (Lipinski definition) is 3. The van der Waals surface area contributed by atoms with Crippen LogP contribution in [0.2, 0.25) is 0 Å². The van der Waals surface area contributed by atoms with Gasteiger partial charge in [-0.05, 0) is 57.5 Å². The van der Waals surface area contributed by atoms with Gasteiger partial charge in [0.2, 0.25) is 5.91 Å². The molecule has 1 amide bonds. The number of nitrogens with zero attached hydrogens (tertiary/aromatic N) is 2. The summed E-state index contributed by atoms with van der Waals surface area (Å²) in [5.74, 6) is 0.493. The molecule has 4 nitrogen and oxygen atoms in total. The predicted molar refractivity (Wildman–Crippen MR) is 139 cm³/mol. The second-order valence-corrected chi connectivity index (χ2v) is 8.71. The number of benzene rings is 2. The Balaban J connectivity index is 0.00000256. The van der Waals surface area contributed by atoms with Crippen LogP contribution in [-0.4, -0.2) is 56.5 Å². The molecule has 1 fully saturated rings. The summed E-state index contributed by atoms with van der Waals surface area (Å²) in [5, 5.41) is 3.28. The first-order chi connectivity index (χ1) is 14.5. The molecular weight excluding hydrogens is 441 g/mol. The second-order valence-electron chi connectivity index (χ2n) is 8.71. The van der Waals surface area contributed by atoms with Crippen LogP contribution in [0.3, 0.4) is 0 Å². The number of carbonyl (C=O) groups excluding carboxylic acids is 1. The molecule has 1 N–H and O–H groups in total. The van der Waals surface area contributed by atoms with Gasteiger partial charge in [-0.3, -0.25) is 9.69 Å². The lowest BCUT2D eigenvalue weighted by Gasteiger charge is -2.47. The number of nitrogens with one attached hydrogen (secondary N) is 1. The van der Waals surface area contributed by atoms with Crippen LogP contribution in [0.15, 0.2) is 60.7 Å². The number of piperidine rings is 1. The van der Waals surface area contributed by atoms with E-state index in [2.05, 4.69) is 90.7 Å². The van der Waals surface area contributed by atoms with Gasteiger partial charge >= 0.3 is 0 Å². The van der Waals surface area contributed by atoms with Crippen LogP contribution in [-0.2, 0) is 10.3 Å². The fourth-order valence-electron chi connectivity index (χ4n) is 5.15. The molecule has 0 radical (unpaired) electrons. The summed E-state index contributed by atoms with van der Waals surface area (Å²) in [4.78, 5) is 18.1. The van der Waals surface area contributed by atoms with E-state index in [0.717, 1.165) is 32.4 Å². The van der Waals surface area contributed by atoms with E-state index in [1.807, 2.05) is 13.1 Å². The molecule has 0 aliphatic carbocycles. The van der Waals surface area contributed by atoms with Crippen molar-refractivity contribution in [1.29, 1.82) is 0 Å². The molecule has 0 saturated carbocycles. The van der Waals surface area contributed by atoms with Crippen LogP contribution in [0, 0.1) is 5.92 Å². The molecule has 32 heavy (non-hydrogen) atoms. The first-order valence-electron chi connectivity index (χ1n) is 11.2. The Morgan fingerprint density at radius 3 is 2.00 bits per heavy atom. The average Bonchev–Trinajstić information content (AvgIpc) is 2.80. The predicted octanol–water partition coefficient (Wildman–Crippen LogP) is 4.94. The second kappa shape index (κ2) is 13.2. The third-order valence-corrected chi connectivity index (χ3v) is 6.96. The van der Waals surface area contributed by atoms with E-state index in [1.54, 1.807) is 0 Å². The average molecular weight is 481 g/mol. The highest BCUT2D eigenvalue weighted by Gasteiger charge is 2.41. The Bertz CT molecular complexity index is 793. The highest BCUT2D eigenvalue weighted by molar-refractivity contribution is 5.85. The molecule has 1 heterocycles. The largest absolute Gasteiger partial charge is 0.342 e. The minimum Gasteiger partial charge on any atom is -0.342 e. The number of likely N-dealkylation sites (tertiary alicyclic amines) is 1. The molecule has 2 unspecified atom stereocenters. The van der Waals surface area contributed by atoms with Gasteiger partial charge < -0.3 is 10.2 Å². The van der Waals surface area contributed by atoms with Crippen molar-refractivity contribution in [2.75, 3.05) is 40.8 Å². The number of carbonyl (C=O) groups is 1. The molecule has 1 aliphatic rings. The summed E-state index contributed by atoms with van der Waals surface area (Å²) in [5.41, 5.74) is 2.61. The number of halogens is 2. The Labute approximate surface area is 206 Å². The van der Waals surface area contributed by atoms with Crippen LogP contribution in [0.1, 0.15) is 43.2 Å². The zero-order chi connectivity index (χ0) is 21.6. The standard InChI is InChI=1S/C26H37N3O.2ClH/c1-5-23(21-12-8-6-9-13-21)24(20-27-2)25(30)29-18-16-26(17-19-29,28(3)4)22-14-10-7-11-15-22;;/h6-15,23-24,27H,5,16-20H2,1-4H3;2*1H. The van der Waals surface area contributed by atoms with Gasteiger partial charge in [-0.1, -0.05) is 67.6 Å². The van der Waals surface area contributed by atoms with Crippen molar-refractivity contribution in [1.82, 2.24) is 15.1 Å². The highest BCUT2D eigenvalue weighted by atomic mass is 35.5. The van der Waals surface area contributed by atoms with Gasteiger partial charge in [0, 0.05) is 25.2 Å². The maximum atomic E-state index is 13.7. The smallest absolute Gasteiger partial charge is 0.227 e. The van der Waals surface area contributed by atoms with Gasteiger partial charge in [0.15, 0.2) is 0 Å². The first-order valence-corrected chi connectivity index (χ1v) is 11.2. The molecular formula is C26H39Cl2N3O. The molecule has 178 valence electrons. The number of hydrogen-bond donors (Lipinski definition) is 1. The minimum absolute atomic E-state index is 0. The third-order valence-electron chi connectivity index (χ3n) is 6.96. The highest BCUT2D eigenvalue weighted by Crippen LogP contribution is 2.38. The zero-order valence-electron chi connectivity index (χ0n) is 19.8. The lowest BCUT2D eigenvalue weighted by Crippen LogP contribution is -2.53. The van der Waals surface area contributed by atoms with E-state index >= 15 is 0 Å². The van der Waals surface area contributed by atoms with Crippen LogP contribution < -0.4 is 5.32 Å². The SMILES string of the molecule is CCC(c1ccccc1)C(CNC)C(=O)N1CCC(c2ccccc2)(N(C)C)CC1.Cl.Cl. The molecule has 0 spiro atoms. The summed E-state index contributed by atoms with van der Waals surface area (Å²) < 4.78 is 0. The van der Waals surface area contributed by atoms with Gasteiger partial charge in [-0.25, -0.2) is 0 Å². The van der Waals surface area contributed by atoms with Crippen LogP contribution in [0.25, 0.3) is 0 Å². The van der Waals surface area contributed by atoms with E-state index in [1.165, 1.54) is 11.1 Å². The van der Waals surface area contributed by atoms with Crippen molar-refractivity contribution >= 4 is 30.7 Å². The summed E-state index contributed by atoms with van der Waals surface area (Å²) >= 11 is 0. The Morgan fingerprint density at radius 1 is 1.00 bits per heavy atom. The Hall–Kier alpha value is -1.59. The zero-order valence-corrected chi connectivity index (χ0v) is 21.4. The van der Waals surface area contributed by atoms with Crippen molar-refractivity contribution in [2.45, 2.75) is 37.6 Å². The van der Waals surface area contributed by atoms with Crippen LogP contribution >= 0.6 is 24.8 Å². The normalized spacial score (nSPS) is 17.1. The Morgan fingerprint density at radius 2 is 1.53 bits per heavy atom. The van der Waals surface area contributed by atoms with E-state index in [0.29, 0.717) is 12.5 Å². The monoisotopic (exact) mass is 479 g/mol. The lowest BCUT2D eigenvalue weighted by molar-refractivity contribution is -0.139. The summed E-state index contributed by atoms with van der Waals surface area (Å²) in [6.07, 6.45) is 2.88. The van der Waals surface area contributed by atoms with E-state index in [4.69, 9.17) is 0 Å². The van der Waals surface area contributed by atoms with Gasteiger partial charge in [-0.15, -0.1) is 24.8 Å². The first kappa shape index (κ1) is 28.4. The summed E-state index contributed by atoms with van der Waals surface area (Å²) in [7, 11) is 6.27. The molecule has 2 aromatic carbocycles. The lowest BCUT2D eigenvalue weighted by atomic mass is 9.78. The molecule has 6 heteroatoms. The summed E-state index contributed by atoms with van der Waals surface area (Å²) in [6.45, 7) is 4.51. The maximum Gasteiger partial charge on any atom is 0.227 e. The van der Waals surface area contributed by atoms with Gasteiger partial charge in [-0.2, -0.15) is 0 Å². The fourth-order valence-corrected chi connectivity index (χ4v) is 5.15. The molecule has 2 aromatic rings. The third kappa shape index (κ3) is 6.05. The van der Waals surface area contributed by atoms with Crippen molar-refractivity contribution < 1.29 is 4.79 Å². The fraction of sp³-hybridized carbons (Fsp3) is 0.500. The van der Waals surface area contributed by atoms with Gasteiger partial charge in [0.1, 0.15) is 0 Å². The van der Waals surface area contributed by atoms with Crippen molar-refractivity contribution in [3.63, 3.8) is 0 Å². The molecule has 1 saturated heterocycles. The van der Waals surface area contributed by atoms with Gasteiger partial charge in [0.25, 0.3) is 0 Å². The molecule has 1 aliphatic heterocycles.